The van der Waals surface area contributed by atoms with E-state index in [2.05, 4.69) is 123 Å². The molecular formula is C77H46F6N6. The van der Waals surface area contributed by atoms with Gasteiger partial charge in [-0.15, -0.1) is 0 Å². The van der Waals surface area contributed by atoms with Crippen LogP contribution in [0, 0.1) is 0 Å². The van der Waals surface area contributed by atoms with Crippen LogP contribution in [-0.2, 0) is 12.4 Å². The number of rotatable bonds is 9. The van der Waals surface area contributed by atoms with Gasteiger partial charge in [-0.2, -0.15) is 26.3 Å². The minimum absolute atomic E-state index is 0.108. The van der Waals surface area contributed by atoms with Crippen molar-refractivity contribution in [3.8, 4) is 84.6 Å². The van der Waals surface area contributed by atoms with Gasteiger partial charge in [-0.1, -0.05) is 188 Å². The Kier molecular flexibility index (Phi) is 12.3. The average Bonchev–Trinajstić information content (AvgIpc) is 2.17. The Morgan fingerprint density at radius 2 is 0.607 bits per heavy atom. The zero-order valence-electron chi connectivity index (χ0n) is 47.0. The van der Waals surface area contributed by atoms with Gasteiger partial charge in [-0.3, -0.25) is 0 Å². The number of hydrogen-bond donors (Lipinski definition) is 0. The van der Waals surface area contributed by atoms with Crippen LogP contribution in [0.4, 0.5) is 26.3 Å². The second-order valence-electron chi connectivity index (χ2n) is 22.1. The predicted molar refractivity (Wildman–Crippen MR) is 345 cm³/mol. The number of halogens is 6. The maximum atomic E-state index is 15.0. The molecule has 0 N–H and O–H groups in total. The Morgan fingerprint density at radius 3 is 1.02 bits per heavy atom. The smallest absolute Gasteiger partial charge is 0.309 e. The first kappa shape index (κ1) is 53.1. The molecule has 0 bridgehead atoms. The van der Waals surface area contributed by atoms with Gasteiger partial charge in [0.15, 0.2) is 17.5 Å². The van der Waals surface area contributed by atoms with Crippen molar-refractivity contribution in [1.82, 2.24) is 28.7 Å². The maximum absolute atomic E-state index is 15.0. The largest absolute Gasteiger partial charge is 0.417 e. The number of para-hydroxylation sites is 5. The highest BCUT2D eigenvalue weighted by atomic mass is 19.4. The molecule has 0 spiro atoms. The lowest BCUT2D eigenvalue weighted by molar-refractivity contribution is -0.142. The summed E-state index contributed by atoms with van der Waals surface area (Å²) in [5.41, 5.74) is 10.7. The van der Waals surface area contributed by atoms with E-state index in [0.717, 1.165) is 106 Å². The summed E-state index contributed by atoms with van der Waals surface area (Å²) < 4.78 is 93.8. The molecule has 12 aromatic carbocycles. The van der Waals surface area contributed by atoms with E-state index in [4.69, 9.17) is 15.0 Å². The van der Waals surface area contributed by atoms with Crippen molar-refractivity contribution in [3.05, 3.63) is 290 Å². The van der Waals surface area contributed by atoms with Crippen molar-refractivity contribution in [2.75, 3.05) is 0 Å². The van der Waals surface area contributed by atoms with Crippen LogP contribution in [0.15, 0.2) is 279 Å². The highest BCUT2D eigenvalue weighted by Gasteiger charge is 2.39. The summed E-state index contributed by atoms with van der Waals surface area (Å²) in [6, 6.07) is 88.7. The molecule has 12 heteroatoms. The minimum atomic E-state index is -5.10. The van der Waals surface area contributed by atoms with Gasteiger partial charge >= 0.3 is 12.4 Å². The second kappa shape index (κ2) is 20.7. The third kappa shape index (κ3) is 9.01. The van der Waals surface area contributed by atoms with E-state index < -0.39 is 23.5 Å². The Hall–Kier alpha value is -11.4. The first-order valence-corrected chi connectivity index (χ1v) is 29.0. The van der Waals surface area contributed by atoms with Crippen LogP contribution < -0.4 is 0 Å². The van der Waals surface area contributed by atoms with Gasteiger partial charge < -0.3 is 13.7 Å². The van der Waals surface area contributed by atoms with E-state index in [1.54, 1.807) is 18.2 Å². The fraction of sp³-hybridized carbons (Fsp3) is 0.0260. The molecule has 0 atom stereocenters. The van der Waals surface area contributed by atoms with Gasteiger partial charge in [0.05, 0.1) is 49.9 Å². The number of fused-ring (bicyclic) bond motifs is 9. The fourth-order valence-electron chi connectivity index (χ4n) is 13.0. The minimum Gasteiger partial charge on any atom is -0.309 e. The lowest BCUT2D eigenvalue weighted by Gasteiger charge is -2.22. The molecule has 426 valence electrons. The van der Waals surface area contributed by atoms with Crippen molar-refractivity contribution in [2.24, 2.45) is 0 Å². The molecule has 6 nitrogen and oxygen atoms in total. The predicted octanol–water partition coefficient (Wildman–Crippen LogP) is 21.2. The molecule has 0 aliphatic carbocycles. The van der Waals surface area contributed by atoms with E-state index in [-0.39, 0.29) is 17.2 Å². The monoisotopic (exact) mass is 1170 g/mol. The number of hydrogen-bond acceptors (Lipinski definition) is 3. The number of alkyl halides is 6. The number of nitrogens with zero attached hydrogens (tertiary/aromatic N) is 6. The molecular weight excluding hydrogens is 1120 g/mol. The lowest BCUT2D eigenvalue weighted by atomic mass is 9.92. The number of aromatic nitrogens is 6. The first-order chi connectivity index (χ1) is 43.4. The van der Waals surface area contributed by atoms with Crippen LogP contribution in [0.5, 0.6) is 0 Å². The molecule has 0 aliphatic heterocycles. The van der Waals surface area contributed by atoms with Gasteiger partial charge in [0, 0.05) is 71.5 Å². The Balaban J connectivity index is 0.991. The standard InChI is InChI=1S/C77H46F6N6/c78-76(79,80)53-36-41-56(65(46-53)77(81,82)83)51-35-42-71-64(43-51)61-25-11-16-30-70(61)89(71)72-62(47-31-37-54(38-32-47)87-66-26-12-7-21-57(66)58-22-8-13-27-67(58)87)44-52(75-85-73(49-17-3-1-4-18-49)84-74(86-75)50-19-5-2-6-20-50)45-63(72)48-33-39-55(40-34-48)88-68-28-14-9-23-59(68)60-24-10-15-29-69(60)88/h1-46H. The third-order valence-electron chi connectivity index (χ3n) is 17.0. The number of benzene rings is 12. The van der Waals surface area contributed by atoms with Crippen molar-refractivity contribution in [2.45, 2.75) is 12.4 Å². The molecule has 16 aromatic rings. The van der Waals surface area contributed by atoms with E-state index in [9.17, 15) is 26.3 Å². The molecule has 0 fully saturated rings. The van der Waals surface area contributed by atoms with Crippen molar-refractivity contribution in [3.63, 3.8) is 0 Å². The van der Waals surface area contributed by atoms with Crippen molar-refractivity contribution >= 4 is 65.4 Å². The van der Waals surface area contributed by atoms with Crippen molar-refractivity contribution in [1.29, 1.82) is 0 Å². The molecule has 4 heterocycles. The average molecular weight is 1170 g/mol. The van der Waals surface area contributed by atoms with E-state index in [1.165, 1.54) is 0 Å². The normalized spacial score (nSPS) is 12.2. The van der Waals surface area contributed by atoms with E-state index in [0.29, 0.717) is 45.4 Å². The topological polar surface area (TPSA) is 53.5 Å². The molecule has 0 radical (unpaired) electrons. The zero-order valence-corrected chi connectivity index (χ0v) is 47.0. The Morgan fingerprint density at radius 1 is 0.247 bits per heavy atom. The molecule has 16 rings (SSSR count). The van der Waals surface area contributed by atoms with Gasteiger partial charge in [-0.25, -0.2) is 15.0 Å². The highest BCUT2D eigenvalue weighted by Crippen LogP contribution is 2.47. The molecule has 0 aliphatic rings. The van der Waals surface area contributed by atoms with Gasteiger partial charge in [0.1, 0.15) is 0 Å². The highest BCUT2D eigenvalue weighted by molar-refractivity contribution is 6.13. The summed E-state index contributed by atoms with van der Waals surface area (Å²) in [6.45, 7) is 0. The molecule has 0 unspecified atom stereocenters. The van der Waals surface area contributed by atoms with Crippen LogP contribution in [0.25, 0.3) is 150 Å². The van der Waals surface area contributed by atoms with Gasteiger partial charge in [0.2, 0.25) is 0 Å². The summed E-state index contributed by atoms with van der Waals surface area (Å²) in [7, 11) is 0. The van der Waals surface area contributed by atoms with Crippen LogP contribution in [0.3, 0.4) is 0 Å². The summed E-state index contributed by atoms with van der Waals surface area (Å²) in [6.07, 6.45) is -10.1. The van der Waals surface area contributed by atoms with E-state index in [1.807, 2.05) is 133 Å². The van der Waals surface area contributed by atoms with E-state index >= 15 is 0 Å². The quantitative estimate of drug-likeness (QED) is 0.135. The Bertz CT molecular complexity index is 5110. The van der Waals surface area contributed by atoms with Crippen molar-refractivity contribution < 1.29 is 26.3 Å². The lowest BCUT2D eigenvalue weighted by Crippen LogP contribution is -2.12. The molecule has 4 aromatic heterocycles. The van der Waals surface area contributed by atoms with Crippen LogP contribution in [0.1, 0.15) is 11.1 Å². The zero-order chi connectivity index (χ0) is 60.1. The summed E-state index contributed by atoms with van der Waals surface area (Å²) in [5, 5.41) is 5.81. The first-order valence-electron chi connectivity index (χ1n) is 29.0. The molecule has 0 amide bonds. The Labute approximate surface area is 505 Å². The fourth-order valence-corrected chi connectivity index (χ4v) is 13.0. The van der Waals surface area contributed by atoms with Gasteiger partial charge in [-0.05, 0) is 113 Å². The van der Waals surface area contributed by atoms with Crippen LogP contribution in [0.2, 0.25) is 0 Å². The molecule has 0 saturated carbocycles. The third-order valence-corrected chi connectivity index (χ3v) is 17.0. The summed E-state index contributed by atoms with van der Waals surface area (Å²) in [5.74, 6) is 1.37. The van der Waals surface area contributed by atoms with Crippen LogP contribution in [-0.4, -0.2) is 28.7 Å². The SMILES string of the molecule is FC(F)(F)c1ccc(-c2ccc3c(c2)c2ccccc2n3-c2c(-c3ccc(-n4c5ccccc5c5ccccc54)cc3)cc(-c3nc(-c4ccccc4)nc(-c4ccccc4)n3)cc2-c2ccc(-n3c4ccccc4c4ccccc43)cc2)c(C(F)(F)F)c1. The molecule has 0 saturated heterocycles. The second-order valence-corrected chi connectivity index (χ2v) is 22.1. The maximum Gasteiger partial charge on any atom is 0.417 e. The van der Waals surface area contributed by atoms with Gasteiger partial charge in [0.25, 0.3) is 0 Å². The molecule has 89 heavy (non-hydrogen) atoms. The summed E-state index contributed by atoms with van der Waals surface area (Å²) >= 11 is 0. The summed E-state index contributed by atoms with van der Waals surface area (Å²) in [4.78, 5) is 15.6. The van der Waals surface area contributed by atoms with Crippen LogP contribution >= 0.6 is 0 Å².